The molecule has 0 amide bonds. The lowest BCUT2D eigenvalue weighted by Gasteiger charge is -2.35. The molecule has 0 unspecified atom stereocenters. The maximum atomic E-state index is 3.69. The van der Waals surface area contributed by atoms with Crippen LogP contribution in [0.1, 0.15) is 53.4 Å². The fourth-order valence-corrected chi connectivity index (χ4v) is 2.88. The van der Waals surface area contributed by atoms with Gasteiger partial charge in [-0.25, -0.2) is 0 Å². The summed E-state index contributed by atoms with van der Waals surface area (Å²) in [6.07, 6.45) is 5.18. The van der Waals surface area contributed by atoms with Crippen LogP contribution < -0.4 is 0 Å². The molecule has 0 radical (unpaired) electrons. The van der Waals surface area contributed by atoms with Gasteiger partial charge < -0.3 is 4.90 Å². The molecule has 0 saturated carbocycles. The normalized spacial score (nSPS) is 12.4. The van der Waals surface area contributed by atoms with E-state index in [4.69, 9.17) is 0 Å². The van der Waals surface area contributed by atoms with Crippen LogP contribution >= 0.6 is 15.9 Å². The van der Waals surface area contributed by atoms with E-state index in [0.29, 0.717) is 5.41 Å². The van der Waals surface area contributed by atoms with Crippen LogP contribution in [0, 0.1) is 5.41 Å². The van der Waals surface area contributed by atoms with Gasteiger partial charge in [-0.2, -0.15) is 0 Å². The van der Waals surface area contributed by atoms with Crippen molar-refractivity contribution in [2.24, 2.45) is 5.41 Å². The lowest BCUT2D eigenvalue weighted by molar-refractivity contribution is 0.163. The molecule has 0 aliphatic heterocycles. The highest BCUT2D eigenvalue weighted by molar-refractivity contribution is 9.09. The van der Waals surface area contributed by atoms with Crippen LogP contribution in [0.3, 0.4) is 0 Å². The summed E-state index contributed by atoms with van der Waals surface area (Å²) in [6.45, 7) is 12.9. The zero-order valence-corrected chi connectivity index (χ0v) is 12.6. The van der Waals surface area contributed by atoms with E-state index in [0.717, 1.165) is 5.33 Å². The molecule has 0 N–H and O–H groups in total. The van der Waals surface area contributed by atoms with Crippen molar-refractivity contribution in [3.8, 4) is 0 Å². The summed E-state index contributed by atoms with van der Waals surface area (Å²) in [5, 5.41) is 1.13. The highest BCUT2D eigenvalue weighted by atomic mass is 79.9. The zero-order valence-electron chi connectivity index (χ0n) is 11.0. The van der Waals surface area contributed by atoms with Crippen molar-refractivity contribution in [2.75, 3.05) is 25.0 Å². The lowest BCUT2D eigenvalue weighted by Crippen LogP contribution is -2.38. The summed E-state index contributed by atoms with van der Waals surface area (Å²) in [6, 6.07) is 0. The Balaban J connectivity index is 4.21. The van der Waals surface area contributed by atoms with Gasteiger partial charge in [-0.15, -0.1) is 0 Å². The monoisotopic (exact) mass is 277 g/mol. The second-order valence-corrected chi connectivity index (χ2v) is 5.12. The highest BCUT2D eigenvalue weighted by Gasteiger charge is 2.26. The van der Waals surface area contributed by atoms with E-state index in [1.807, 2.05) is 0 Å². The van der Waals surface area contributed by atoms with Crippen molar-refractivity contribution in [1.29, 1.82) is 0 Å². The third-order valence-corrected chi connectivity index (χ3v) is 4.81. The first-order chi connectivity index (χ1) is 7.17. The van der Waals surface area contributed by atoms with Crippen molar-refractivity contribution in [3.63, 3.8) is 0 Å². The summed E-state index contributed by atoms with van der Waals surface area (Å²) < 4.78 is 0. The minimum absolute atomic E-state index is 0.490. The molecule has 0 heterocycles. The maximum Gasteiger partial charge on any atom is 0.01000 e. The molecule has 0 rings (SSSR count). The van der Waals surface area contributed by atoms with Crippen LogP contribution in [0.15, 0.2) is 0 Å². The summed E-state index contributed by atoms with van der Waals surface area (Å²) in [7, 11) is 0. The number of unbranched alkanes of at least 4 members (excludes halogenated alkanes) is 1. The number of hydrogen-bond acceptors (Lipinski definition) is 1. The summed E-state index contributed by atoms with van der Waals surface area (Å²) >= 11 is 3.69. The van der Waals surface area contributed by atoms with Crippen LogP contribution in [0.25, 0.3) is 0 Å². The van der Waals surface area contributed by atoms with Gasteiger partial charge in [0.15, 0.2) is 0 Å². The first-order valence-corrected chi connectivity index (χ1v) is 7.58. The Kier molecular flexibility index (Phi) is 8.83. The molecule has 92 valence electrons. The summed E-state index contributed by atoms with van der Waals surface area (Å²) in [4.78, 5) is 2.61. The molecule has 0 aliphatic rings. The van der Waals surface area contributed by atoms with Crippen LogP contribution in [0.4, 0.5) is 0 Å². The Labute approximate surface area is 105 Å². The predicted octanol–water partition coefficient (Wildman–Crippen LogP) is 4.31. The predicted molar refractivity (Wildman–Crippen MR) is 73.8 cm³/mol. The molecular formula is C13H28BrN. The quantitative estimate of drug-likeness (QED) is 0.568. The Hall–Kier alpha value is 0.440. The fourth-order valence-electron chi connectivity index (χ4n) is 1.91. The van der Waals surface area contributed by atoms with Gasteiger partial charge in [-0.3, -0.25) is 0 Å². The van der Waals surface area contributed by atoms with E-state index in [-0.39, 0.29) is 0 Å². The molecule has 1 nitrogen and oxygen atoms in total. The summed E-state index contributed by atoms with van der Waals surface area (Å²) in [5.74, 6) is 0. The van der Waals surface area contributed by atoms with Crippen LogP contribution in [0.2, 0.25) is 0 Å². The number of rotatable bonds is 9. The molecule has 0 fully saturated rings. The molecule has 0 aromatic heterocycles. The van der Waals surface area contributed by atoms with Gasteiger partial charge in [-0.05, 0) is 37.8 Å². The topological polar surface area (TPSA) is 3.24 Å². The number of halogens is 1. The van der Waals surface area contributed by atoms with E-state index in [1.165, 1.54) is 45.3 Å². The number of nitrogens with zero attached hydrogens (tertiary/aromatic N) is 1. The van der Waals surface area contributed by atoms with E-state index in [9.17, 15) is 0 Å². The van der Waals surface area contributed by atoms with E-state index >= 15 is 0 Å². The Morgan fingerprint density at radius 1 is 1.07 bits per heavy atom. The fraction of sp³-hybridized carbons (Fsp3) is 1.00. The van der Waals surface area contributed by atoms with Crippen molar-refractivity contribution in [1.82, 2.24) is 4.90 Å². The highest BCUT2D eigenvalue weighted by Crippen LogP contribution is 2.29. The van der Waals surface area contributed by atoms with Gasteiger partial charge in [0.25, 0.3) is 0 Å². The standard InChI is InChI=1S/C13H28BrN/c1-5-9-10-15(8-4)12-13(6-2,7-3)11-14/h5-12H2,1-4H3. The Bertz CT molecular complexity index is 135. The minimum Gasteiger partial charge on any atom is -0.303 e. The molecule has 0 saturated heterocycles. The molecule has 0 bridgehead atoms. The van der Waals surface area contributed by atoms with Gasteiger partial charge in [0, 0.05) is 11.9 Å². The average Bonchev–Trinajstić information content (AvgIpc) is 2.30. The maximum absolute atomic E-state index is 3.69. The zero-order chi connectivity index (χ0) is 11.7. The van der Waals surface area contributed by atoms with Crippen molar-refractivity contribution in [2.45, 2.75) is 53.4 Å². The summed E-state index contributed by atoms with van der Waals surface area (Å²) in [5.41, 5.74) is 0.490. The molecule has 0 atom stereocenters. The third-order valence-electron chi connectivity index (χ3n) is 3.62. The first-order valence-electron chi connectivity index (χ1n) is 6.46. The van der Waals surface area contributed by atoms with Gasteiger partial charge in [0.05, 0.1) is 0 Å². The van der Waals surface area contributed by atoms with E-state index in [2.05, 4.69) is 48.5 Å². The lowest BCUT2D eigenvalue weighted by atomic mass is 9.84. The molecule has 15 heavy (non-hydrogen) atoms. The Morgan fingerprint density at radius 3 is 2.00 bits per heavy atom. The molecule has 2 heteroatoms. The molecular weight excluding hydrogens is 250 g/mol. The molecule has 0 spiro atoms. The molecule has 0 aromatic rings. The van der Waals surface area contributed by atoms with Crippen LogP contribution in [0.5, 0.6) is 0 Å². The van der Waals surface area contributed by atoms with Crippen molar-refractivity contribution in [3.05, 3.63) is 0 Å². The second-order valence-electron chi connectivity index (χ2n) is 4.56. The van der Waals surface area contributed by atoms with E-state index < -0.39 is 0 Å². The largest absolute Gasteiger partial charge is 0.303 e. The van der Waals surface area contributed by atoms with Crippen molar-refractivity contribution < 1.29 is 0 Å². The minimum atomic E-state index is 0.490. The van der Waals surface area contributed by atoms with Gasteiger partial charge in [0.1, 0.15) is 0 Å². The Morgan fingerprint density at radius 2 is 1.67 bits per heavy atom. The SMILES string of the molecule is CCCCN(CC)CC(CC)(CC)CBr. The number of hydrogen-bond donors (Lipinski definition) is 0. The molecule has 0 aromatic carbocycles. The van der Waals surface area contributed by atoms with Gasteiger partial charge in [-0.1, -0.05) is 50.0 Å². The first kappa shape index (κ1) is 15.4. The van der Waals surface area contributed by atoms with E-state index in [1.54, 1.807) is 0 Å². The smallest absolute Gasteiger partial charge is 0.01000 e. The average molecular weight is 278 g/mol. The van der Waals surface area contributed by atoms with Crippen LogP contribution in [-0.2, 0) is 0 Å². The number of alkyl halides is 1. The van der Waals surface area contributed by atoms with Gasteiger partial charge in [0.2, 0.25) is 0 Å². The third kappa shape index (κ3) is 5.35. The second kappa shape index (κ2) is 8.58. The van der Waals surface area contributed by atoms with Gasteiger partial charge >= 0.3 is 0 Å². The van der Waals surface area contributed by atoms with Crippen molar-refractivity contribution >= 4 is 15.9 Å². The van der Waals surface area contributed by atoms with Crippen LogP contribution in [-0.4, -0.2) is 29.9 Å². The molecule has 0 aliphatic carbocycles.